The van der Waals surface area contributed by atoms with Crippen molar-refractivity contribution in [3.8, 4) is 0 Å². The first-order valence-corrected chi connectivity index (χ1v) is 7.71. The standard InChI is InChI=1S/C16H21N3S/c1-16(2,3)13-7-5-12(6-8-13)14(17)11-20-15-18-9-4-10-19-15/h4-10,14H,11,17H2,1-3H3. The second-order valence-electron chi connectivity index (χ2n) is 5.82. The third-order valence-electron chi connectivity index (χ3n) is 3.14. The zero-order valence-corrected chi connectivity index (χ0v) is 13.0. The third kappa shape index (κ3) is 4.05. The van der Waals surface area contributed by atoms with Crippen molar-refractivity contribution in [3.05, 3.63) is 53.9 Å². The molecule has 0 aliphatic carbocycles. The van der Waals surface area contributed by atoms with Crippen molar-refractivity contribution < 1.29 is 0 Å². The number of thioether (sulfide) groups is 1. The van der Waals surface area contributed by atoms with Crippen LogP contribution < -0.4 is 5.73 Å². The number of benzene rings is 1. The molecule has 2 aromatic rings. The number of aromatic nitrogens is 2. The van der Waals surface area contributed by atoms with E-state index in [2.05, 4.69) is 55.0 Å². The molecule has 0 bridgehead atoms. The van der Waals surface area contributed by atoms with Crippen molar-refractivity contribution in [3.63, 3.8) is 0 Å². The highest BCUT2D eigenvalue weighted by atomic mass is 32.2. The van der Waals surface area contributed by atoms with E-state index in [-0.39, 0.29) is 11.5 Å². The van der Waals surface area contributed by atoms with Gasteiger partial charge in [0, 0.05) is 24.2 Å². The summed E-state index contributed by atoms with van der Waals surface area (Å²) in [6, 6.07) is 10.4. The normalized spacial score (nSPS) is 13.2. The molecule has 20 heavy (non-hydrogen) atoms. The fourth-order valence-corrected chi connectivity index (χ4v) is 2.64. The molecule has 2 N–H and O–H groups in total. The summed E-state index contributed by atoms with van der Waals surface area (Å²) in [5.74, 6) is 0.777. The third-order valence-corrected chi connectivity index (χ3v) is 4.13. The molecule has 3 nitrogen and oxygen atoms in total. The highest BCUT2D eigenvalue weighted by molar-refractivity contribution is 7.99. The summed E-state index contributed by atoms with van der Waals surface area (Å²) in [6.07, 6.45) is 3.50. The Morgan fingerprint density at radius 2 is 1.70 bits per heavy atom. The van der Waals surface area contributed by atoms with E-state index in [9.17, 15) is 0 Å². The molecular formula is C16H21N3S. The molecule has 0 saturated heterocycles. The van der Waals surface area contributed by atoms with Crippen LogP contribution in [0.4, 0.5) is 0 Å². The molecule has 0 amide bonds. The van der Waals surface area contributed by atoms with Gasteiger partial charge in [-0.05, 0) is 22.6 Å². The van der Waals surface area contributed by atoms with Crippen molar-refractivity contribution in [2.24, 2.45) is 5.73 Å². The minimum atomic E-state index is -0.00201. The fraction of sp³-hybridized carbons (Fsp3) is 0.375. The van der Waals surface area contributed by atoms with Gasteiger partial charge in [0.05, 0.1) is 0 Å². The van der Waals surface area contributed by atoms with Gasteiger partial charge in [0.1, 0.15) is 0 Å². The van der Waals surface area contributed by atoms with Crippen molar-refractivity contribution >= 4 is 11.8 Å². The Kier molecular flexibility index (Phi) is 4.78. The van der Waals surface area contributed by atoms with Crippen molar-refractivity contribution in [2.75, 3.05) is 5.75 Å². The SMILES string of the molecule is CC(C)(C)c1ccc(C(N)CSc2ncccn2)cc1. The van der Waals surface area contributed by atoms with Gasteiger partial charge in [0.2, 0.25) is 0 Å². The zero-order valence-electron chi connectivity index (χ0n) is 12.2. The van der Waals surface area contributed by atoms with Crippen LogP contribution in [-0.2, 0) is 5.41 Å². The van der Waals surface area contributed by atoms with Crippen molar-refractivity contribution in [2.45, 2.75) is 37.4 Å². The topological polar surface area (TPSA) is 51.8 Å². The largest absolute Gasteiger partial charge is 0.323 e. The van der Waals surface area contributed by atoms with E-state index < -0.39 is 0 Å². The van der Waals surface area contributed by atoms with Gasteiger partial charge in [0.15, 0.2) is 5.16 Å². The predicted molar refractivity (Wildman–Crippen MR) is 84.8 cm³/mol. The molecule has 0 radical (unpaired) electrons. The van der Waals surface area contributed by atoms with E-state index in [0.29, 0.717) is 0 Å². The average molecular weight is 287 g/mol. The van der Waals surface area contributed by atoms with E-state index in [1.807, 2.05) is 6.07 Å². The first kappa shape index (κ1) is 15.0. The first-order chi connectivity index (χ1) is 9.47. The van der Waals surface area contributed by atoms with E-state index >= 15 is 0 Å². The summed E-state index contributed by atoms with van der Waals surface area (Å²) in [6.45, 7) is 6.64. The van der Waals surface area contributed by atoms with Crippen LogP contribution in [0.15, 0.2) is 47.9 Å². The molecule has 0 aliphatic rings. The van der Waals surface area contributed by atoms with E-state index in [1.165, 1.54) is 5.56 Å². The quantitative estimate of drug-likeness (QED) is 0.690. The number of nitrogens with two attached hydrogens (primary N) is 1. The van der Waals surface area contributed by atoms with Crippen LogP contribution in [0.3, 0.4) is 0 Å². The maximum atomic E-state index is 6.23. The zero-order chi connectivity index (χ0) is 14.6. The Morgan fingerprint density at radius 3 is 2.25 bits per heavy atom. The van der Waals surface area contributed by atoms with Crippen LogP contribution in [0, 0.1) is 0 Å². The molecule has 0 spiro atoms. The molecule has 1 heterocycles. The number of hydrogen-bond donors (Lipinski definition) is 1. The number of nitrogens with zero attached hydrogens (tertiary/aromatic N) is 2. The highest BCUT2D eigenvalue weighted by Gasteiger charge is 2.14. The monoisotopic (exact) mass is 287 g/mol. The minimum absolute atomic E-state index is 0.00201. The Labute approximate surface area is 125 Å². The van der Waals surface area contributed by atoms with Crippen LogP contribution in [0.2, 0.25) is 0 Å². The van der Waals surface area contributed by atoms with Gasteiger partial charge in [-0.2, -0.15) is 0 Å². The maximum Gasteiger partial charge on any atom is 0.187 e. The Balaban J connectivity index is 1.97. The molecule has 1 unspecified atom stereocenters. The lowest BCUT2D eigenvalue weighted by molar-refractivity contribution is 0.589. The van der Waals surface area contributed by atoms with Gasteiger partial charge < -0.3 is 5.73 Å². The first-order valence-electron chi connectivity index (χ1n) is 6.72. The van der Waals surface area contributed by atoms with E-state index in [1.54, 1.807) is 24.2 Å². The van der Waals surface area contributed by atoms with Crippen molar-refractivity contribution in [1.29, 1.82) is 0 Å². The van der Waals surface area contributed by atoms with Gasteiger partial charge in [-0.1, -0.05) is 56.8 Å². The summed E-state index contributed by atoms with van der Waals surface area (Å²) >= 11 is 1.59. The van der Waals surface area contributed by atoms with Gasteiger partial charge in [-0.3, -0.25) is 0 Å². The lowest BCUT2D eigenvalue weighted by Crippen LogP contribution is -2.15. The van der Waals surface area contributed by atoms with Gasteiger partial charge in [-0.25, -0.2) is 9.97 Å². The predicted octanol–water partition coefficient (Wildman–Crippen LogP) is 3.57. The van der Waals surface area contributed by atoms with Crippen molar-refractivity contribution in [1.82, 2.24) is 9.97 Å². The Hall–Kier alpha value is -1.39. The Bertz CT molecular complexity index is 532. The molecular weight excluding hydrogens is 266 g/mol. The smallest absolute Gasteiger partial charge is 0.187 e. The summed E-state index contributed by atoms with van der Waals surface area (Å²) in [4.78, 5) is 8.37. The summed E-state index contributed by atoms with van der Waals surface area (Å²) in [7, 11) is 0. The van der Waals surface area contributed by atoms with E-state index in [0.717, 1.165) is 16.5 Å². The molecule has 1 atom stereocenters. The van der Waals surface area contributed by atoms with Crippen LogP contribution in [-0.4, -0.2) is 15.7 Å². The molecule has 4 heteroatoms. The highest BCUT2D eigenvalue weighted by Crippen LogP contribution is 2.25. The average Bonchev–Trinajstić information content (AvgIpc) is 2.45. The lowest BCUT2D eigenvalue weighted by atomic mass is 9.86. The minimum Gasteiger partial charge on any atom is -0.323 e. The van der Waals surface area contributed by atoms with Gasteiger partial charge >= 0.3 is 0 Å². The Morgan fingerprint density at radius 1 is 1.10 bits per heavy atom. The molecule has 106 valence electrons. The van der Waals surface area contributed by atoms with Gasteiger partial charge in [0.25, 0.3) is 0 Å². The summed E-state index contributed by atoms with van der Waals surface area (Å²) in [5.41, 5.74) is 8.88. The molecule has 0 fully saturated rings. The van der Waals surface area contributed by atoms with Crippen LogP contribution in [0.5, 0.6) is 0 Å². The second kappa shape index (κ2) is 6.37. The fourth-order valence-electron chi connectivity index (χ4n) is 1.85. The summed E-state index contributed by atoms with van der Waals surface area (Å²) in [5, 5.41) is 0.772. The molecule has 0 saturated carbocycles. The second-order valence-corrected chi connectivity index (χ2v) is 6.81. The number of rotatable bonds is 4. The van der Waals surface area contributed by atoms with E-state index in [4.69, 9.17) is 5.73 Å². The number of hydrogen-bond acceptors (Lipinski definition) is 4. The maximum absolute atomic E-state index is 6.23. The van der Waals surface area contributed by atoms with Gasteiger partial charge in [-0.15, -0.1) is 0 Å². The van der Waals surface area contributed by atoms with Crippen LogP contribution >= 0.6 is 11.8 Å². The lowest BCUT2D eigenvalue weighted by Gasteiger charge is -2.20. The van der Waals surface area contributed by atoms with Crippen LogP contribution in [0.25, 0.3) is 0 Å². The molecule has 0 aliphatic heterocycles. The molecule has 2 rings (SSSR count). The summed E-state index contributed by atoms with van der Waals surface area (Å²) < 4.78 is 0. The molecule has 1 aromatic carbocycles. The molecule has 1 aromatic heterocycles. The van der Waals surface area contributed by atoms with Crippen LogP contribution in [0.1, 0.15) is 37.9 Å².